The molecule has 1 amide bonds. The van der Waals surface area contributed by atoms with Crippen molar-refractivity contribution < 1.29 is 19.2 Å². The van der Waals surface area contributed by atoms with Crippen LogP contribution in [0.2, 0.25) is 0 Å². The Hall–Kier alpha value is -1.92. The third-order valence-corrected chi connectivity index (χ3v) is 3.14. The molecule has 7 heteroatoms. The second-order valence-electron chi connectivity index (χ2n) is 4.49. The maximum Gasteiger partial charge on any atom is 0.306 e. The number of rotatable bonds is 4. The van der Waals surface area contributed by atoms with Crippen LogP contribution in [0.1, 0.15) is 31.0 Å². The summed E-state index contributed by atoms with van der Waals surface area (Å²) < 4.78 is 4.78. The van der Waals surface area contributed by atoms with Crippen LogP contribution in [0.15, 0.2) is 4.52 Å². The van der Waals surface area contributed by atoms with Gasteiger partial charge in [0.05, 0.1) is 12.5 Å². The van der Waals surface area contributed by atoms with Crippen molar-refractivity contribution in [2.24, 2.45) is 11.8 Å². The highest BCUT2D eigenvalue weighted by atomic mass is 16.5. The number of aryl methyl sites for hydroxylation is 1. The Morgan fingerprint density at radius 2 is 2.17 bits per heavy atom. The predicted octanol–water partition coefficient (Wildman–Crippen LogP) is 0.495. The maximum absolute atomic E-state index is 11.8. The van der Waals surface area contributed by atoms with E-state index >= 15 is 0 Å². The Morgan fingerprint density at radius 3 is 2.72 bits per heavy atom. The van der Waals surface area contributed by atoms with Crippen LogP contribution in [-0.2, 0) is 16.1 Å². The number of carboxylic acids is 1. The molecule has 98 valence electrons. The van der Waals surface area contributed by atoms with Crippen molar-refractivity contribution in [2.75, 3.05) is 0 Å². The summed E-state index contributed by atoms with van der Waals surface area (Å²) in [6, 6.07) is 0. The Morgan fingerprint density at radius 1 is 1.44 bits per heavy atom. The number of aliphatic carboxylic acids is 1. The van der Waals surface area contributed by atoms with Crippen LogP contribution in [0.4, 0.5) is 0 Å². The van der Waals surface area contributed by atoms with E-state index in [1.165, 1.54) is 0 Å². The highest BCUT2D eigenvalue weighted by Crippen LogP contribution is 2.31. The van der Waals surface area contributed by atoms with E-state index in [9.17, 15) is 9.59 Å². The van der Waals surface area contributed by atoms with Crippen LogP contribution in [0.3, 0.4) is 0 Å². The summed E-state index contributed by atoms with van der Waals surface area (Å²) in [5.74, 6) is -0.702. The van der Waals surface area contributed by atoms with Crippen LogP contribution >= 0.6 is 0 Å². The number of aromatic nitrogens is 2. The minimum atomic E-state index is -0.820. The van der Waals surface area contributed by atoms with Gasteiger partial charge in [0.1, 0.15) is 0 Å². The molecule has 2 atom stereocenters. The van der Waals surface area contributed by atoms with Crippen molar-refractivity contribution in [1.82, 2.24) is 15.5 Å². The molecule has 1 heterocycles. The first-order chi connectivity index (χ1) is 8.56. The lowest BCUT2D eigenvalue weighted by atomic mass is 10.0. The summed E-state index contributed by atoms with van der Waals surface area (Å²) in [5, 5.41) is 15.2. The molecule has 1 saturated carbocycles. The summed E-state index contributed by atoms with van der Waals surface area (Å²) in [5.41, 5.74) is 0. The van der Waals surface area contributed by atoms with E-state index in [0.717, 1.165) is 0 Å². The molecular formula is C11H15N3O4. The van der Waals surface area contributed by atoms with Gasteiger partial charge in [0.2, 0.25) is 11.8 Å². The zero-order valence-electron chi connectivity index (χ0n) is 10.0. The number of nitrogens with zero attached hydrogens (tertiary/aromatic N) is 2. The fourth-order valence-corrected chi connectivity index (χ4v) is 2.17. The van der Waals surface area contributed by atoms with E-state index < -0.39 is 11.9 Å². The molecule has 0 aliphatic heterocycles. The fourth-order valence-electron chi connectivity index (χ4n) is 2.17. The van der Waals surface area contributed by atoms with Crippen molar-refractivity contribution in [3.8, 4) is 0 Å². The largest absolute Gasteiger partial charge is 0.481 e. The molecule has 1 aliphatic carbocycles. The van der Waals surface area contributed by atoms with E-state index in [1.54, 1.807) is 6.92 Å². The lowest BCUT2D eigenvalue weighted by molar-refractivity contribution is -0.141. The van der Waals surface area contributed by atoms with Gasteiger partial charge in [0.25, 0.3) is 0 Å². The predicted molar refractivity (Wildman–Crippen MR) is 59.3 cm³/mol. The molecule has 1 aromatic rings. The van der Waals surface area contributed by atoms with E-state index in [0.29, 0.717) is 31.0 Å². The second kappa shape index (κ2) is 5.16. The molecule has 0 radical (unpaired) electrons. The quantitative estimate of drug-likeness (QED) is 0.809. The number of amides is 1. The molecule has 1 aromatic heterocycles. The molecule has 7 nitrogen and oxygen atoms in total. The molecule has 0 aromatic carbocycles. The van der Waals surface area contributed by atoms with Crippen molar-refractivity contribution in [3.63, 3.8) is 0 Å². The van der Waals surface area contributed by atoms with E-state index in [2.05, 4.69) is 15.5 Å². The second-order valence-corrected chi connectivity index (χ2v) is 4.49. The number of carboxylic acid groups (broad SMARTS) is 1. The average Bonchev–Trinajstić information content (AvgIpc) is 2.94. The molecule has 0 unspecified atom stereocenters. The van der Waals surface area contributed by atoms with Crippen molar-refractivity contribution in [2.45, 2.75) is 32.7 Å². The van der Waals surface area contributed by atoms with Crippen LogP contribution in [-0.4, -0.2) is 27.1 Å². The standard InChI is InChI=1S/C11H15N3O4/c1-6-13-9(14-18-6)5-12-10(15)7-2-3-8(4-7)11(16)17/h7-8H,2-5H2,1H3,(H,12,15)(H,16,17)/t7-,8+/m1/s1. The van der Waals surface area contributed by atoms with Gasteiger partial charge >= 0.3 is 5.97 Å². The lowest BCUT2D eigenvalue weighted by Gasteiger charge is -2.08. The number of carbonyl (C=O) groups is 2. The van der Waals surface area contributed by atoms with E-state index in [4.69, 9.17) is 9.63 Å². The minimum Gasteiger partial charge on any atom is -0.481 e. The van der Waals surface area contributed by atoms with Gasteiger partial charge in [0, 0.05) is 12.8 Å². The van der Waals surface area contributed by atoms with Gasteiger partial charge < -0.3 is 14.9 Å². The van der Waals surface area contributed by atoms with Gasteiger partial charge in [-0.25, -0.2) is 0 Å². The van der Waals surface area contributed by atoms with Crippen LogP contribution in [0.25, 0.3) is 0 Å². The summed E-state index contributed by atoms with van der Waals surface area (Å²) >= 11 is 0. The topological polar surface area (TPSA) is 105 Å². The van der Waals surface area contributed by atoms with Gasteiger partial charge in [-0.1, -0.05) is 5.16 Å². The van der Waals surface area contributed by atoms with E-state index in [-0.39, 0.29) is 18.4 Å². The molecule has 1 aliphatic rings. The zero-order chi connectivity index (χ0) is 13.1. The van der Waals surface area contributed by atoms with Crippen LogP contribution in [0, 0.1) is 18.8 Å². The lowest BCUT2D eigenvalue weighted by Crippen LogP contribution is -2.29. The minimum absolute atomic E-state index is 0.138. The first-order valence-electron chi connectivity index (χ1n) is 5.86. The third kappa shape index (κ3) is 2.85. The monoisotopic (exact) mass is 253 g/mol. The third-order valence-electron chi connectivity index (χ3n) is 3.14. The summed E-state index contributed by atoms with van der Waals surface area (Å²) in [7, 11) is 0. The first-order valence-corrected chi connectivity index (χ1v) is 5.86. The molecule has 2 N–H and O–H groups in total. The number of carbonyl (C=O) groups excluding carboxylic acids is 1. The number of hydrogen-bond acceptors (Lipinski definition) is 5. The molecule has 0 bridgehead atoms. The molecule has 1 fully saturated rings. The average molecular weight is 253 g/mol. The summed E-state index contributed by atoms with van der Waals surface area (Å²) in [6.45, 7) is 1.89. The van der Waals surface area contributed by atoms with Crippen molar-refractivity contribution in [1.29, 1.82) is 0 Å². The van der Waals surface area contributed by atoms with Crippen molar-refractivity contribution in [3.05, 3.63) is 11.7 Å². The molecule has 2 rings (SSSR count). The first kappa shape index (κ1) is 12.5. The van der Waals surface area contributed by atoms with Crippen LogP contribution in [0.5, 0.6) is 0 Å². The Kier molecular flexibility index (Phi) is 3.59. The summed E-state index contributed by atoms with van der Waals surface area (Å²) in [4.78, 5) is 26.6. The number of hydrogen-bond donors (Lipinski definition) is 2. The molecule has 18 heavy (non-hydrogen) atoms. The Balaban J connectivity index is 1.80. The van der Waals surface area contributed by atoms with Gasteiger partial charge in [-0.15, -0.1) is 0 Å². The van der Waals surface area contributed by atoms with Gasteiger partial charge in [-0.05, 0) is 19.3 Å². The van der Waals surface area contributed by atoms with Gasteiger partial charge in [-0.3, -0.25) is 9.59 Å². The highest BCUT2D eigenvalue weighted by Gasteiger charge is 2.33. The van der Waals surface area contributed by atoms with E-state index in [1.807, 2.05) is 0 Å². The zero-order valence-corrected chi connectivity index (χ0v) is 10.0. The normalized spacial score (nSPS) is 22.9. The molecular weight excluding hydrogens is 238 g/mol. The molecule has 0 spiro atoms. The highest BCUT2D eigenvalue weighted by molar-refractivity contribution is 5.80. The molecule has 0 saturated heterocycles. The van der Waals surface area contributed by atoms with Crippen molar-refractivity contribution >= 4 is 11.9 Å². The summed E-state index contributed by atoms with van der Waals surface area (Å²) in [6.07, 6.45) is 1.59. The Labute approximate surface area is 104 Å². The Bertz CT molecular complexity index is 457. The fraction of sp³-hybridized carbons (Fsp3) is 0.636. The smallest absolute Gasteiger partial charge is 0.306 e. The van der Waals surface area contributed by atoms with Gasteiger partial charge in [0.15, 0.2) is 5.82 Å². The number of nitrogens with one attached hydrogen (secondary N) is 1. The maximum atomic E-state index is 11.8. The van der Waals surface area contributed by atoms with Gasteiger partial charge in [-0.2, -0.15) is 4.98 Å². The SMILES string of the molecule is Cc1nc(CNC(=O)[C@@H]2CC[C@H](C(=O)O)C2)no1. The van der Waals surface area contributed by atoms with Crippen LogP contribution < -0.4 is 5.32 Å².